The number of nitrogens with one attached hydrogen (secondary N) is 4. The van der Waals surface area contributed by atoms with Crippen LogP contribution >= 0.6 is 11.6 Å². The Morgan fingerprint density at radius 2 is 1.79 bits per heavy atom. The molecule has 4 N–H and O–H groups in total. The molecule has 2 aromatic rings. The molecule has 1 heterocycles. The summed E-state index contributed by atoms with van der Waals surface area (Å²) in [4.78, 5) is 26.8. The van der Waals surface area contributed by atoms with E-state index in [1.54, 1.807) is 4.98 Å². The first-order valence-corrected chi connectivity index (χ1v) is 7.91. The minimum absolute atomic E-state index is 0.190. The van der Waals surface area contributed by atoms with Gasteiger partial charge in [0.15, 0.2) is 5.71 Å². The lowest BCUT2D eigenvalue weighted by atomic mass is 10.1. The van der Waals surface area contributed by atoms with Crippen LogP contribution in [0.1, 0.15) is 24.1 Å². The van der Waals surface area contributed by atoms with Gasteiger partial charge in [0, 0.05) is 6.04 Å². The predicted molar refractivity (Wildman–Crippen MR) is 90.7 cm³/mol. The molecular weight excluding hydrogens is 434 g/mol. The summed E-state index contributed by atoms with van der Waals surface area (Å²) >= 11 is 5.73. The Bertz CT molecular complexity index is 1040. The Morgan fingerprint density at radius 3 is 2.31 bits per heavy atom. The van der Waals surface area contributed by atoms with Crippen LogP contribution < -0.4 is 21.3 Å². The first-order chi connectivity index (χ1) is 13.2. The second kappa shape index (κ2) is 7.81. The standard InChI is InChI=1S/C15H11ClF6N4O3/c1-5(6-2-3-8(7(16)4-6)29-15(20,21)22)24-11-9(10(23)14(17,18)19)12(27)26-13(28)25-11/h2-5,23H,1H3,(H3,24,25,26,27,28). The van der Waals surface area contributed by atoms with Crippen molar-refractivity contribution in [3.05, 3.63) is 55.2 Å². The molecule has 0 fully saturated rings. The van der Waals surface area contributed by atoms with Gasteiger partial charge in [-0.1, -0.05) is 17.7 Å². The maximum Gasteiger partial charge on any atom is 0.573 e. The summed E-state index contributed by atoms with van der Waals surface area (Å²) in [5, 5.41) is 9.16. The number of anilines is 1. The Morgan fingerprint density at radius 1 is 1.17 bits per heavy atom. The maximum absolute atomic E-state index is 12.9. The van der Waals surface area contributed by atoms with E-state index >= 15 is 0 Å². The fourth-order valence-electron chi connectivity index (χ4n) is 2.27. The number of rotatable bonds is 5. The molecule has 158 valence electrons. The summed E-state index contributed by atoms with van der Waals surface area (Å²) in [7, 11) is 0. The van der Waals surface area contributed by atoms with Crippen LogP contribution in [-0.4, -0.2) is 28.2 Å². The lowest BCUT2D eigenvalue weighted by molar-refractivity contribution is -0.274. The monoisotopic (exact) mass is 444 g/mol. The van der Waals surface area contributed by atoms with Gasteiger partial charge in [-0.2, -0.15) is 13.2 Å². The first-order valence-electron chi connectivity index (χ1n) is 7.53. The number of ether oxygens (including phenoxy) is 1. The van der Waals surface area contributed by atoms with E-state index in [4.69, 9.17) is 17.0 Å². The molecule has 0 amide bonds. The van der Waals surface area contributed by atoms with E-state index in [0.717, 1.165) is 18.2 Å². The lowest BCUT2D eigenvalue weighted by Crippen LogP contribution is -2.35. The fourth-order valence-corrected chi connectivity index (χ4v) is 2.50. The van der Waals surface area contributed by atoms with Crippen molar-refractivity contribution in [2.24, 2.45) is 0 Å². The number of H-pyrrole nitrogens is 2. The number of benzene rings is 1. The molecule has 7 nitrogen and oxygen atoms in total. The molecule has 0 saturated carbocycles. The van der Waals surface area contributed by atoms with Gasteiger partial charge < -0.3 is 10.1 Å². The summed E-state index contributed by atoms with van der Waals surface area (Å²) in [6.45, 7) is 1.37. The van der Waals surface area contributed by atoms with Crippen LogP contribution in [0.25, 0.3) is 0 Å². The first kappa shape index (κ1) is 22.3. The molecule has 29 heavy (non-hydrogen) atoms. The molecule has 1 aromatic carbocycles. The zero-order chi connectivity index (χ0) is 22.1. The van der Waals surface area contributed by atoms with Crippen molar-refractivity contribution in [2.75, 3.05) is 5.32 Å². The number of halogens is 7. The largest absolute Gasteiger partial charge is 0.573 e. The topological polar surface area (TPSA) is 111 Å². The van der Waals surface area contributed by atoms with Crippen LogP contribution in [0.4, 0.5) is 32.2 Å². The second-order valence-electron chi connectivity index (χ2n) is 5.63. The van der Waals surface area contributed by atoms with Gasteiger partial charge in [0.1, 0.15) is 17.1 Å². The summed E-state index contributed by atoms with van der Waals surface area (Å²) in [5.41, 5.74) is -5.55. The Kier molecular flexibility index (Phi) is 6.02. The minimum atomic E-state index is -5.18. The average Bonchev–Trinajstić information content (AvgIpc) is 2.53. The number of aromatic amines is 2. The summed E-state index contributed by atoms with van der Waals surface area (Å²) in [5.74, 6) is -1.39. The molecule has 0 saturated heterocycles. The molecule has 0 aliphatic heterocycles. The normalized spacial score (nSPS) is 13.1. The maximum atomic E-state index is 12.9. The van der Waals surface area contributed by atoms with Crippen molar-refractivity contribution >= 4 is 23.1 Å². The molecule has 0 radical (unpaired) electrons. The van der Waals surface area contributed by atoms with E-state index in [1.165, 1.54) is 6.92 Å². The van der Waals surface area contributed by atoms with Crippen molar-refractivity contribution in [2.45, 2.75) is 25.5 Å². The highest BCUT2D eigenvalue weighted by atomic mass is 35.5. The van der Waals surface area contributed by atoms with Crippen molar-refractivity contribution in [1.82, 2.24) is 9.97 Å². The lowest BCUT2D eigenvalue weighted by Gasteiger charge is -2.19. The Hall–Kier alpha value is -2.96. The van der Waals surface area contributed by atoms with Gasteiger partial charge in [0.2, 0.25) is 0 Å². The van der Waals surface area contributed by atoms with Crippen LogP contribution in [0.5, 0.6) is 5.75 Å². The third kappa shape index (κ3) is 5.53. The number of hydrogen-bond donors (Lipinski definition) is 4. The number of alkyl halides is 6. The molecule has 0 aliphatic rings. The number of aromatic nitrogens is 2. The van der Waals surface area contributed by atoms with Crippen molar-refractivity contribution < 1.29 is 31.1 Å². The third-order valence-corrected chi connectivity index (χ3v) is 3.81. The number of hydrogen-bond acceptors (Lipinski definition) is 5. The summed E-state index contributed by atoms with van der Waals surface area (Å²) in [6.07, 6.45) is -10.2. The van der Waals surface area contributed by atoms with E-state index < -0.39 is 57.7 Å². The average molecular weight is 445 g/mol. The highest BCUT2D eigenvalue weighted by Crippen LogP contribution is 2.33. The molecule has 1 unspecified atom stereocenters. The van der Waals surface area contributed by atoms with Crippen molar-refractivity contribution in [3.63, 3.8) is 0 Å². The molecule has 2 rings (SSSR count). The van der Waals surface area contributed by atoms with E-state index in [0.29, 0.717) is 0 Å². The van der Waals surface area contributed by atoms with E-state index in [2.05, 4.69) is 10.1 Å². The van der Waals surface area contributed by atoms with Crippen molar-refractivity contribution in [1.29, 1.82) is 5.41 Å². The third-order valence-electron chi connectivity index (χ3n) is 3.52. The van der Waals surface area contributed by atoms with Gasteiger partial charge in [-0.15, -0.1) is 13.2 Å². The van der Waals surface area contributed by atoms with Gasteiger partial charge in [0.05, 0.1) is 5.02 Å². The smallest absolute Gasteiger partial charge is 0.404 e. The van der Waals surface area contributed by atoms with E-state index in [-0.39, 0.29) is 5.56 Å². The molecule has 0 bridgehead atoms. The van der Waals surface area contributed by atoms with E-state index in [1.807, 2.05) is 4.98 Å². The van der Waals surface area contributed by atoms with Gasteiger partial charge >= 0.3 is 18.2 Å². The van der Waals surface area contributed by atoms with Gasteiger partial charge in [0.25, 0.3) is 5.56 Å². The molecule has 1 atom stereocenters. The minimum Gasteiger partial charge on any atom is -0.404 e. The van der Waals surface area contributed by atoms with Gasteiger partial charge in [-0.25, -0.2) is 4.79 Å². The van der Waals surface area contributed by atoms with E-state index in [9.17, 15) is 35.9 Å². The van der Waals surface area contributed by atoms with Crippen molar-refractivity contribution in [3.8, 4) is 5.75 Å². The second-order valence-corrected chi connectivity index (χ2v) is 6.04. The van der Waals surface area contributed by atoms with Crippen LogP contribution in [0.15, 0.2) is 27.8 Å². The van der Waals surface area contributed by atoms with Gasteiger partial charge in [-0.3, -0.25) is 20.2 Å². The van der Waals surface area contributed by atoms with Crippen LogP contribution in [0, 0.1) is 5.41 Å². The highest BCUT2D eigenvalue weighted by molar-refractivity contribution is 6.32. The molecular formula is C15H11ClF6N4O3. The van der Waals surface area contributed by atoms with Crippen LogP contribution in [-0.2, 0) is 0 Å². The van der Waals surface area contributed by atoms with Gasteiger partial charge in [-0.05, 0) is 24.6 Å². The zero-order valence-electron chi connectivity index (χ0n) is 14.2. The quantitative estimate of drug-likeness (QED) is 0.416. The van der Waals surface area contributed by atoms with Crippen LogP contribution in [0.3, 0.4) is 0 Å². The fraction of sp³-hybridized carbons (Fsp3) is 0.267. The Balaban J connectivity index is 2.40. The molecule has 0 aliphatic carbocycles. The molecule has 1 aromatic heterocycles. The van der Waals surface area contributed by atoms with Crippen LogP contribution in [0.2, 0.25) is 5.02 Å². The summed E-state index contributed by atoms with van der Waals surface area (Å²) < 4.78 is 79.2. The summed E-state index contributed by atoms with van der Waals surface area (Å²) in [6, 6.07) is 2.15. The predicted octanol–water partition coefficient (Wildman–Crippen LogP) is 3.72. The highest BCUT2D eigenvalue weighted by Gasteiger charge is 2.39. The zero-order valence-corrected chi connectivity index (χ0v) is 14.9. The molecule has 0 spiro atoms. The molecule has 14 heteroatoms. The SMILES string of the molecule is CC(Nc1[nH]c(=O)[nH]c(=O)c1C(=N)C(F)(F)F)c1ccc(OC(F)(F)F)c(Cl)c1. The Labute approximate surface area is 162 Å².